The van der Waals surface area contributed by atoms with Crippen LogP contribution in [-0.2, 0) is 4.79 Å². The molecule has 4 rings (SSSR count). The lowest BCUT2D eigenvalue weighted by molar-refractivity contribution is -0.117. The Morgan fingerprint density at radius 2 is 1.89 bits per heavy atom. The van der Waals surface area contributed by atoms with Crippen molar-refractivity contribution in [2.45, 2.75) is 32.1 Å². The highest BCUT2D eigenvalue weighted by molar-refractivity contribution is 6.34. The first kappa shape index (κ1) is 18.7. The van der Waals surface area contributed by atoms with Gasteiger partial charge in [-0.15, -0.1) is 0 Å². The highest BCUT2D eigenvalue weighted by Gasteiger charge is 2.24. The molecule has 2 aliphatic rings. The van der Waals surface area contributed by atoms with Crippen molar-refractivity contribution in [3.05, 3.63) is 47.1 Å². The van der Waals surface area contributed by atoms with Crippen LogP contribution < -0.4 is 15.1 Å². The second-order valence-corrected chi connectivity index (χ2v) is 7.60. The maximum absolute atomic E-state index is 12.9. The minimum absolute atomic E-state index is 0.0835. The van der Waals surface area contributed by atoms with E-state index in [4.69, 9.17) is 11.6 Å². The zero-order valence-electron chi connectivity index (χ0n) is 15.7. The number of pyridine rings is 1. The van der Waals surface area contributed by atoms with E-state index < -0.39 is 0 Å². The van der Waals surface area contributed by atoms with Crippen LogP contribution in [0.25, 0.3) is 0 Å². The summed E-state index contributed by atoms with van der Waals surface area (Å²) in [5.41, 5.74) is 1.84. The minimum atomic E-state index is -0.213. The first-order valence-electron chi connectivity index (χ1n) is 9.75. The molecule has 0 aliphatic carbocycles. The van der Waals surface area contributed by atoms with Crippen LogP contribution in [0.15, 0.2) is 36.5 Å². The molecule has 0 radical (unpaired) electrons. The third kappa shape index (κ3) is 3.83. The van der Waals surface area contributed by atoms with Crippen LogP contribution in [0.5, 0.6) is 0 Å². The van der Waals surface area contributed by atoms with Crippen LogP contribution in [0.4, 0.5) is 17.2 Å². The number of carbonyl (C=O) groups excluding carboxylic acids is 2. The van der Waals surface area contributed by atoms with Crippen LogP contribution in [-0.4, -0.2) is 36.4 Å². The summed E-state index contributed by atoms with van der Waals surface area (Å²) in [6.45, 7) is 2.52. The Morgan fingerprint density at radius 1 is 1.07 bits per heavy atom. The molecule has 0 unspecified atom stereocenters. The van der Waals surface area contributed by atoms with Gasteiger partial charge in [0.2, 0.25) is 5.91 Å². The lowest BCUT2D eigenvalue weighted by Gasteiger charge is -2.29. The quantitative estimate of drug-likeness (QED) is 0.841. The number of benzene rings is 1. The number of amides is 2. The summed E-state index contributed by atoms with van der Waals surface area (Å²) >= 11 is 6.39. The van der Waals surface area contributed by atoms with Gasteiger partial charge in [-0.05, 0) is 56.0 Å². The van der Waals surface area contributed by atoms with E-state index in [2.05, 4.69) is 15.2 Å². The van der Waals surface area contributed by atoms with Gasteiger partial charge in [0, 0.05) is 37.9 Å². The van der Waals surface area contributed by atoms with E-state index >= 15 is 0 Å². The highest BCUT2D eigenvalue weighted by atomic mass is 35.5. The van der Waals surface area contributed by atoms with E-state index in [0.29, 0.717) is 34.9 Å². The molecule has 2 amide bonds. The van der Waals surface area contributed by atoms with E-state index in [1.807, 2.05) is 0 Å². The maximum atomic E-state index is 12.9. The summed E-state index contributed by atoms with van der Waals surface area (Å²) in [6, 6.07) is 8.83. The van der Waals surface area contributed by atoms with Gasteiger partial charge >= 0.3 is 0 Å². The molecule has 7 heteroatoms. The van der Waals surface area contributed by atoms with Crippen molar-refractivity contribution in [3.63, 3.8) is 0 Å². The third-order valence-corrected chi connectivity index (χ3v) is 5.56. The van der Waals surface area contributed by atoms with Crippen LogP contribution in [0, 0.1) is 0 Å². The van der Waals surface area contributed by atoms with Crippen molar-refractivity contribution in [1.29, 1.82) is 0 Å². The summed E-state index contributed by atoms with van der Waals surface area (Å²) in [7, 11) is 0. The lowest BCUT2D eigenvalue weighted by atomic mass is 10.1. The number of rotatable bonds is 4. The van der Waals surface area contributed by atoms with Crippen LogP contribution in [0.2, 0.25) is 5.02 Å². The van der Waals surface area contributed by atoms with Crippen molar-refractivity contribution in [2.75, 3.05) is 34.8 Å². The van der Waals surface area contributed by atoms with Gasteiger partial charge in [0.15, 0.2) is 0 Å². The van der Waals surface area contributed by atoms with Gasteiger partial charge in [-0.2, -0.15) is 0 Å². The predicted octanol–water partition coefficient (Wildman–Crippen LogP) is 4.10. The van der Waals surface area contributed by atoms with Crippen LogP contribution >= 0.6 is 11.6 Å². The normalized spacial score (nSPS) is 17.1. The number of hydrogen-bond donors (Lipinski definition) is 1. The fraction of sp³-hybridized carbons (Fsp3) is 0.381. The first-order chi connectivity index (χ1) is 13.6. The van der Waals surface area contributed by atoms with Gasteiger partial charge in [0.05, 0.1) is 16.3 Å². The van der Waals surface area contributed by atoms with Crippen LogP contribution in [0.1, 0.15) is 42.5 Å². The van der Waals surface area contributed by atoms with Gasteiger partial charge in [0.1, 0.15) is 5.82 Å². The van der Waals surface area contributed by atoms with Crippen molar-refractivity contribution >= 4 is 40.6 Å². The second-order valence-electron chi connectivity index (χ2n) is 7.19. The van der Waals surface area contributed by atoms with Gasteiger partial charge < -0.3 is 15.1 Å². The third-order valence-electron chi connectivity index (χ3n) is 5.26. The molecule has 0 bridgehead atoms. The molecule has 2 aliphatic heterocycles. The van der Waals surface area contributed by atoms with Crippen molar-refractivity contribution in [3.8, 4) is 0 Å². The minimum Gasteiger partial charge on any atom is -0.356 e. The van der Waals surface area contributed by atoms with Crippen molar-refractivity contribution < 1.29 is 9.59 Å². The van der Waals surface area contributed by atoms with E-state index in [-0.39, 0.29) is 11.8 Å². The number of anilines is 3. The molecule has 0 atom stereocenters. The molecule has 1 aromatic carbocycles. The Bertz CT molecular complexity index is 896. The number of nitrogens with zero attached hydrogens (tertiary/aromatic N) is 3. The topological polar surface area (TPSA) is 65.5 Å². The molecule has 2 saturated heterocycles. The van der Waals surface area contributed by atoms with Crippen molar-refractivity contribution in [1.82, 2.24) is 4.98 Å². The molecule has 0 saturated carbocycles. The molecule has 146 valence electrons. The monoisotopic (exact) mass is 398 g/mol. The van der Waals surface area contributed by atoms with Gasteiger partial charge in [0.25, 0.3) is 5.91 Å². The summed E-state index contributed by atoms with van der Waals surface area (Å²) in [5.74, 6) is 0.597. The smallest absolute Gasteiger partial charge is 0.259 e. The summed E-state index contributed by atoms with van der Waals surface area (Å²) in [6.07, 6.45) is 6.56. The van der Waals surface area contributed by atoms with E-state index in [0.717, 1.165) is 38.2 Å². The first-order valence-corrected chi connectivity index (χ1v) is 10.1. The number of nitrogens with one attached hydrogen (secondary N) is 1. The average Bonchev–Trinajstić information content (AvgIpc) is 3.14. The fourth-order valence-electron chi connectivity index (χ4n) is 3.84. The van der Waals surface area contributed by atoms with E-state index in [9.17, 15) is 9.59 Å². The second kappa shape index (κ2) is 8.19. The van der Waals surface area contributed by atoms with Crippen molar-refractivity contribution in [2.24, 2.45) is 0 Å². The number of hydrogen-bond acceptors (Lipinski definition) is 4. The Hall–Kier alpha value is -2.60. The molecule has 2 aromatic rings. The highest BCUT2D eigenvalue weighted by Crippen LogP contribution is 2.32. The number of piperidine rings is 1. The maximum Gasteiger partial charge on any atom is 0.259 e. The largest absolute Gasteiger partial charge is 0.356 e. The Labute approximate surface area is 169 Å². The number of carbonyl (C=O) groups is 2. The summed E-state index contributed by atoms with van der Waals surface area (Å²) in [5, 5.41) is 3.37. The fourth-order valence-corrected chi connectivity index (χ4v) is 4.12. The summed E-state index contributed by atoms with van der Waals surface area (Å²) < 4.78 is 0. The predicted molar refractivity (Wildman–Crippen MR) is 111 cm³/mol. The molecular formula is C21H23ClN4O2. The van der Waals surface area contributed by atoms with Crippen LogP contribution in [0.3, 0.4) is 0 Å². The zero-order chi connectivity index (χ0) is 19.5. The lowest BCUT2D eigenvalue weighted by Crippen LogP contribution is -2.32. The standard InChI is InChI=1S/C21H23ClN4O2/c22-17-14-15(8-9-18(17)26-13-5-7-19(26)27)24-21(28)16-6-4-10-23-20(16)25-11-2-1-3-12-25/h4,6,8-10,14H,1-3,5,7,11-13H2,(H,24,28). The van der Waals surface area contributed by atoms with Gasteiger partial charge in [-0.3, -0.25) is 9.59 Å². The van der Waals surface area contributed by atoms with E-state index in [1.165, 1.54) is 6.42 Å². The number of aromatic nitrogens is 1. The SMILES string of the molecule is O=C(Nc1ccc(N2CCCC2=O)c(Cl)c1)c1cccnc1N1CCCCC1. The molecule has 3 heterocycles. The molecule has 1 aromatic heterocycles. The Balaban J connectivity index is 1.53. The van der Waals surface area contributed by atoms with Gasteiger partial charge in [-0.1, -0.05) is 11.6 Å². The van der Waals surface area contributed by atoms with E-state index in [1.54, 1.807) is 41.4 Å². The molecular weight excluding hydrogens is 376 g/mol. The molecule has 6 nitrogen and oxygen atoms in total. The zero-order valence-corrected chi connectivity index (χ0v) is 16.4. The molecule has 28 heavy (non-hydrogen) atoms. The number of halogens is 1. The molecule has 1 N–H and O–H groups in total. The molecule has 0 spiro atoms. The Morgan fingerprint density at radius 3 is 2.61 bits per heavy atom. The Kier molecular flexibility index (Phi) is 5.48. The average molecular weight is 399 g/mol. The summed E-state index contributed by atoms with van der Waals surface area (Å²) in [4.78, 5) is 33.2. The van der Waals surface area contributed by atoms with Gasteiger partial charge in [-0.25, -0.2) is 4.98 Å². The molecule has 2 fully saturated rings.